The molecule has 42 heavy (non-hydrogen) atoms. The van der Waals surface area contributed by atoms with Crippen molar-refractivity contribution in [1.82, 2.24) is 20.1 Å². The van der Waals surface area contributed by atoms with Gasteiger partial charge in [0, 0.05) is 17.7 Å². The lowest BCUT2D eigenvalue weighted by Crippen LogP contribution is -2.53. The zero-order chi connectivity index (χ0) is 31.3. The van der Waals surface area contributed by atoms with E-state index in [-0.39, 0.29) is 53.3 Å². The SMILES string of the molecule is Cc1cc(Cl)c(C(=O)CC2(NC(=O)c3cnn(C4CCC(C)(C(=O)O)CC4)c3C(F)(F)F)CCC(C)(C)CC2)c(Cl)n1. The second-order valence-corrected chi connectivity index (χ2v) is 13.6. The van der Waals surface area contributed by atoms with Crippen LogP contribution < -0.4 is 5.32 Å². The van der Waals surface area contributed by atoms with Gasteiger partial charge in [0.2, 0.25) is 0 Å². The predicted molar refractivity (Wildman–Crippen MR) is 151 cm³/mol. The van der Waals surface area contributed by atoms with E-state index in [1.807, 2.05) is 0 Å². The first-order valence-electron chi connectivity index (χ1n) is 13.9. The maximum atomic E-state index is 14.4. The Morgan fingerprint density at radius 2 is 1.67 bits per heavy atom. The number of rotatable bonds is 7. The number of ketones is 1. The number of aryl methyl sites for hydroxylation is 1. The number of halogens is 5. The molecule has 2 aromatic heterocycles. The first kappa shape index (κ1) is 32.3. The van der Waals surface area contributed by atoms with Crippen molar-refractivity contribution < 1.29 is 32.7 Å². The third kappa shape index (κ3) is 6.61. The highest BCUT2D eigenvalue weighted by Gasteiger charge is 2.47. The van der Waals surface area contributed by atoms with Gasteiger partial charge >= 0.3 is 12.1 Å². The van der Waals surface area contributed by atoms with E-state index < -0.39 is 52.1 Å². The lowest BCUT2D eigenvalue weighted by atomic mass is 9.67. The predicted octanol–water partition coefficient (Wildman–Crippen LogP) is 7.46. The lowest BCUT2D eigenvalue weighted by molar-refractivity contribution is -0.152. The van der Waals surface area contributed by atoms with Crippen LogP contribution in [0.15, 0.2) is 12.3 Å². The fraction of sp³-hybridized carbons (Fsp3) is 0.621. The maximum absolute atomic E-state index is 14.4. The molecule has 0 bridgehead atoms. The van der Waals surface area contributed by atoms with Crippen molar-refractivity contribution in [3.8, 4) is 0 Å². The van der Waals surface area contributed by atoms with Crippen molar-refractivity contribution in [3.63, 3.8) is 0 Å². The highest BCUT2D eigenvalue weighted by molar-refractivity contribution is 6.39. The molecule has 2 aliphatic carbocycles. The summed E-state index contributed by atoms with van der Waals surface area (Å²) in [6.07, 6.45) is -1.51. The average Bonchev–Trinajstić information content (AvgIpc) is 3.32. The molecule has 0 aromatic carbocycles. The van der Waals surface area contributed by atoms with Crippen molar-refractivity contribution in [1.29, 1.82) is 0 Å². The molecule has 0 saturated heterocycles. The highest BCUT2D eigenvalue weighted by atomic mass is 35.5. The molecule has 0 unspecified atom stereocenters. The third-order valence-electron chi connectivity index (χ3n) is 9.00. The van der Waals surface area contributed by atoms with E-state index in [0.29, 0.717) is 31.4 Å². The molecule has 4 rings (SSSR count). The second kappa shape index (κ2) is 11.4. The van der Waals surface area contributed by atoms with E-state index in [0.717, 1.165) is 10.9 Å². The number of nitrogens with one attached hydrogen (secondary N) is 1. The molecule has 0 radical (unpaired) electrons. The molecule has 2 aliphatic rings. The monoisotopic (exact) mass is 630 g/mol. The summed E-state index contributed by atoms with van der Waals surface area (Å²) in [7, 11) is 0. The Morgan fingerprint density at radius 1 is 1.07 bits per heavy atom. The van der Waals surface area contributed by atoms with E-state index in [4.69, 9.17) is 23.2 Å². The largest absolute Gasteiger partial charge is 0.481 e. The molecular weight excluding hydrogens is 596 g/mol. The zero-order valence-corrected chi connectivity index (χ0v) is 25.5. The first-order chi connectivity index (χ1) is 19.4. The summed E-state index contributed by atoms with van der Waals surface area (Å²) >= 11 is 12.6. The number of amides is 1. The van der Waals surface area contributed by atoms with Crippen LogP contribution in [0, 0.1) is 17.8 Å². The number of carboxylic acid groups (broad SMARTS) is 1. The Hall–Kier alpha value is -2.66. The van der Waals surface area contributed by atoms with Crippen molar-refractivity contribution in [2.24, 2.45) is 10.8 Å². The van der Waals surface area contributed by atoms with Gasteiger partial charge in [-0.2, -0.15) is 18.3 Å². The number of nitrogens with zero attached hydrogens (tertiary/aromatic N) is 3. The number of carboxylic acids is 1. The van der Waals surface area contributed by atoms with Gasteiger partial charge in [0.1, 0.15) is 5.15 Å². The van der Waals surface area contributed by atoms with E-state index in [2.05, 4.69) is 29.2 Å². The number of hydrogen-bond donors (Lipinski definition) is 2. The van der Waals surface area contributed by atoms with E-state index in [9.17, 15) is 32.7 Å². The molecule has 2 aromatic rings. The number of Topliss-reactive ketones (excluding diaryl/α,β-unsaturated/α-hetero) is 1. The lowest BCUT2D eigenvalue weighted by Gasteiger charge is -2.44. The minimum Gasteiger partial charge on any atom is -0.481 e. The smallest absolute Gasteiger partial charge is 0.433 e. The van der Waals surface area contributed by atoms with Crippen LogP contribution in [0.5, 0.6) is 0 Å². The van der Waals surface area contributed by atoms with Crippen molar-refractivity contribution in [2.75, 3.05) is 0 Å². The van der Waals surface area contributed by atoms with Gasteiger partial charge in [0.05, 0.1) is 33.8 Å². The Morgan fingerprint density at radius 3 is 2.19 bits per heavy atom. The van der Waals surface area contributed by atoms with Crippen molar-refractivity contribution >= 4 is 40.9 Å². The molecule has 2 fully saturated rings. The van der Waals surface area contributed by atoms with Crippen LogP contribution >= 0.6 is 23.2 Å². The third-order valence-corrected chi connectivity index (χ3v) is 9.57. The number of aromatic nitrogens is 3. The van der Waals surface area contributed by atoms with Crippen LogP contribution in [0.25, 0.3) is 0 Å². The Labute approximate surface area is 252 Å². The molecule has 0 aliphatic heterocycles. The average molecular weight is 632 g/mol. The Balaban J connectivity index is 1.65. The Kier molecular flexibility index (Phi) is 8.79. The number of aliphatic carboxylic acids is 1. The molecule has 0 atom stereocenters. The fourth-order valence-corrected chi connectivity index (χ4v) is 6.83. The molecule has 13 heteroatoms. The summed E-state index contributed by atoms with van der Waals surface area (Å²) in [5.41, 5.74) is -3.53. The van der Waals surface area contributed by atoms with Gasteiger partial charge in [0.15, 0.2) is 11.5 Å². The highest BCUT2D eigenvalue weighted by Crippen LogP contribution is 2.45. The molecule has 1 amide bonds. The van der Waals surface area contributed by atoms with Crippen LogP contribution in [-0.4, -0.2) is 43.1 Å². The summed E-state index contributed by atoms with van der Waals surface area (Å²) in [4.78, 5) is 42.8. The summed E-state index contributed by atoms with van der Waals surface area (Å²) in [6.45, 7) is 7.37. The quantitative estimate of drug-likeness (QED) is 0.242. The van der Waals surface area contributed by atoms with Gasteiger partial charge < -0.3 is 10.4 Å². The number of carbonyl (C=O) groups is 3. The molecule has 2 saturated carbocycles. The number of hydrogen-bond acceptors (Lipinski definition) is 5. The second-order valence-electron chi connectivity index (χ2n) is 12.9. The van der Waals surface area contributed by atoms with Crippen molar-refractivity contribution in [2.45, 2.75) is 103 Å². The van der Waals surface area contributed by atoms with Gasteiger partial charge in [-0.3, -0.25) is 19.1 Å². The molecule has 2 heterocycles. The molecule has 0 spiro atoms. The zero-order valence-electron chi connectivity index (χ0n) is 24.0. The standard InChI is InChI=1S/C29H35Cl2F3N4O4/c1-16-13-19(30)21(23(31)36-16)20(39)14-28(11-9-26(2,3)10-12-28)37-24(40)18-15-35-38(22(18)29(32,33)34)17-5-7-27(4,8-6-17)25(41)42/h13,15,17H,5-12,14H2,1-4H3,(H,37,40)(H,41,42). The summed E-state index contributed by atoms with van der Waals surface area (Å²) < 4.78 is 44.1. The Bertz CT molecular complexity index is 1360. The van der Waals surface area contributed by atoms with Gasteiger partial charge in [0.25, 0.3) is 5.91 Å². The van der Waals surface area contributed by atoms with Crippen LogP contribution in [0.2, 0.25) is 10.2 Å². The maximum Gasteiger partial charge on any atom is 0.433 e. The van der Waals surface area contributed by atoms with Crippen LogP contribution in [0.3, 0.4) is 0 Å². The van der Waals surface area contributed by atoms with E-state index >= 15 is 0 Å². The number of pyridine rings is 1. The summed E-state index contributed by atoms with van der Waals surface area (Å²) in [5.74, 6) is -2.43. The van der Waals surface area contributed by atoms with Gasteiger partial charge in [-0.15, -0.1) is 0 Å². The minimum absolute atomic E-state index is 0.0110. The van der Waals surface area contributed by atoms with Gasteiger partial charge in [-0.25, -0.2) is 4.98 Å². The van der Waals surface area contributed by atoms with E-state index in [1.54, 1.807) is 13.8 Å². The van der Waals surface area contributed by atoms with Crippen LogP contribution in [-0.2, 0) is 11.0 Å². The number of carbonyl (C=O) groups excluding carboxylic acids is 2. The minimum atomic E-state index is -4.90. The number of alkyl halides is 3. The van der Waals surface area contributed by atoms with E-state index in [1.165, 1.54) is 6.07 Å². The normalized spacial score (nSPS) is 23.8. The first-order valence-corrected chi connectivity index (χ1v) is 14.7. The molecular formula is C29H35Cl2F3N4O4. The van der Waals surface area contributed by atoms with Gasteiger partial charge in [-0.05, 0) is 76.7 Å². The van der Waals surface area contributed by atoms with Crippen LogP contribution in [0.4, 0.5) is 13.2 Å². The molecule has 2 N–H and O–H groups in total. The topological polar surface area (TPSA) is 114 Å². The van der Waals surface area contributed by atoms with Gasteiger partial charge in [-0.1, -0.05) is 37.0 Å². The molecule has 8 nitrogen and oxygen atoms in total. The van der Waals surface area contributed by atoms with Crippen LogP contribution in [0.1, 0.15) is 117 Å². The summed E-state index contributed by atoms with van der Waals surface area (Å²) in [6, 6.07) is 0.796. The summed E-state index contributed by atoms with van der Waals surface area (Å²) in [5, 5.41) is 16.3. The van der Waals surface area contributed by atoms with Crippen molar-refractivity contribution in [3.05, 3.63) is 45.0 Å². The molecule has 230 valence electrons. The fourth-order valence-electron chi connectivity index (χ4n) is 6.09.